The van der Waals surface area contributed by atoms with Crippen LogP contribution in [0.5, 0.6) is 17.2 Å². The fourth-order valence-corrected chi connectivity index (χ4v) is 5.96. The van der Waals surface area contributed by atoms with Crippen molar-refractivity contribution in [3.05, 3.63) is 51.5 Å². The number of carbonyl (C=O) groups is 2. The molecular formula is C28H35Cl2N3O5. The van der Waals surface area contributed by atoms with E-state index in [4.69, 9.17) is 37.4 Å². The Balaban J connectivity index is 1.58. The lowest BCUT2D eigenvalue weighted by Gasteiger charge is -2.45. The molecule has 10 heteroatoms. The molecule has 2 aromatic carbocycles. The molecule has 0 aromatic heterocycles. The van der Waals surface area contributed by atoms with Gasteiger partial charge in [0, 0.05) is 47.1 Å². The van der Waals surface area contributed by atoms with Crippen molar-refractivity contribution in [3.8, 4) is 17.2 Å². The zero-order chi connectivity index (χ0) is 27.6. The number of methoxy groups -OCH3 is 3. The number of rotatable bonds is 8. The molecular weight excluding hydrogens is 529 g/mol. The summed E-state index contributed by atoms with van der Waals surface area (Å²) in [7, 11) is 4.56. The highest BCUT2D eigenvalue weighted by molar-refractivity contribution is 6.36. The number of hydrogen-bond acceptors (Lipinski definition) is 6. The normalized spacial score (nSPS) is 18.8. The maximum atomic E-state index is 13.6. The average molecular weight is 565 g/mol. The van der Waals surface area contributed by atoms with Gasteiger partial charge in [0.1, 0.15) is 0 Å². The maximum Gasteiger partial charge on any atom is 0.254 e. The highest BCUT2D eigenvalue weighted by Gasteiger charge is 2.52. The van der Waals surface area contributed by atoms with E-state index in [9.17, 15) is 9.59 Å². The van der Waals surface area contributed by atoms with Crippen LogP contribution >= 0.6 is 23.2 Å². The minimum atomic E-state index is -0.592. The smallest absolute Gasteiger partial charge is 0.254 e. The van der Waals surface area contributed by atoms with Gasteiger partial charge in [-0.3, -0.25) is 14.9 Å². The van der Waals surface area contributed by atoms with Crippen molar-refractivity contribution in [1.29, 1.82) is 0 Å². The lowest BCUT2D eigenvalue weighted by Crippen LogP contribution is -2.59. The van der Waals surface area contributed by atoms with Crippen LogP contribution in [-0.2, 0) is 11.3 Å². The van der Waals surface area contributed by atoms with E-state index >= 15 is 0 Å². The number of piperidine rings is 1. The summed E-state index contributed by atoms with van der Waals surface area (Å²) in [5.41, 5.74) is 0.584. The summed E-state index contributed by atoms with van der Waals surface area (Å²) in [6, 6.07) is 8.39. The zero-order valence-electron chi connectivity index (χ0n) is 22.5. The van der Waals surface area contributed by atoms with Gasteiger partial charge < -0.3 is 24.0 Å². The van der Waals surface area contributed by atoms with Crippen molar-refractivity contribution in [2.75, 3.05) is 34.4 Å². The first-order chi connectivity index (χ1) is 18.1. The molecule has 1 N–H and O–H groups in total. The number of ether oxygens (including phenoxy) is 3. The van der Waals surface area contributed by atoms with Gasteiger partial charge in [0.05, 0.1) is 39.6 Å². The van der Waals surface area contributed by atoms with E-state index in [1.165, 1.54) is 21.3 Å². The summed E-state index contributed by atoms with van der Waals surface area (Å²) < 4.78 is 16.2. The van der Waals surface area contributed by atoms with Gasteiger partial charge in [0.15, 0.2) is 11.5 Å². The molecule has 206 valence electrons. The number of nitrogens with one attached hydrogen (secondary N) is 1. The van der Waals surface area contributed by atoms with Gasteiger partial charge in [-0.1, -0.05) is 43.1 Å². The highest BCUT2D eigenvalue weighted by Crippen LogP contribution is 2.40. The third-order valence-electron chi connectivity index (χ3n) is 7.40. The van der Waals surface area contributed by atoms with E-state index in [0.717, 1.165) is 12.0 Å². The first-order valence-corrected chi connectivity index (χ1v) is 13.5. The largest absolute Gasteiger partial charge is 0.493 e. The van der Waals surface area contributed by atoms with Crippen molar-refractivity contribution >= 4 is 35.0 Å². The fourth-order valence-electron chi connectivity index (χ4n) is 5.45. The van der Waals surface area contributed by atoms with Gasteiger partial charge in [0.2, 0.25) is 11.7 Å². The Labute approximate surface area is 234 Å². The van der Waals surface area contributed by atoms with Crippen molar-refractivity contribution in [2.45, 2.75) is 51.4 Å². The van der Waals surface area contributed by atoms with Crippen LogP contribution in [0.25, 0.3) is 0 Å². The van der Waals surface area contributed by atoms with Gasteiger partial charge in [-0.25, -0.2) is 0 Å². The molecule has 4 rings (SSSR count). The van der Waals surface area contributed by atoms with E-state index < -0.39 is 5.66 Å². The number of carbonyl (C=O) groups excluding carboxylic acids is 2. The molecule has 0 bridgehead atoms. The van der Waals surface area contributed by atoms with E-state index in [2.05, 4.69) is 19.2 Å². The molecule has 0 saturated carbocycles. The molecule has 0 radical (unpaired) electrons. The lowest BCUT2D eigenvalue weighted by molar-refractivity contribution is -0.134. The minimum absolute atomic E-state index is 0.0408. The molecule has 1 spiro atoms. The van der Waals surface area contributed by atoms with Crippen molar-refractivity contribution in [2.24, 2.45) is 5.92 Å². The Morgan fingerprint density at radius 1 is 1.05 bits per heavy atom. The van der Waals surface area contributed by atoms with Crippen LogP contribution in [-0.4, -0.2) is 67.7 Å². The van der Waals surface area contributed by atoms with Gasteiger partial charge in [-0.2, -0.15) is 0 Å². The summed E-state index contributed by atoms with van der Waals surface area (Å²) in [5, 5.41) is 4.70. The summed E-state index contributed by atoms with van der Waals surface area (Å²) in [4.78, 5) is 30.8. The molecule has 2 aliphatic rings. The molecule has 2 heterocycles. The summed E-state index contributed by atoms with van der Waals surface area (Å²) in [6.07, 6.45) is 1.87. The van der Waals surface area contributed by atoms with Crippen LogP contribution in [0.1, 0.15) is 49.0 Å². The average Bonchev–Trinajstić information content (AvgIpc) is 3.14. The Hall–Kier alpha value is -2.68. The predicted molar refractivity (Wildman–Crippen MR) is 147 cm³/mol. The number of halogens is 2. The lowest BCUT2D eigenvalue weighted by atomic mass is 9.94. The molecule has 1 atom stereocenters. The van der Waals surface area contributed by atoms with Crippen LogP contribution in [0.15, 0.2) is 30.3 Å². The third-order valence-corrected chi connectivity index (χ3v) is 8.11. The topological polar surface area (TPSA) is 80.3 Å². The molecule has 2 fully saturated rings. The van der Waals surface area contributed by atoms with Gasteiger partial charge in [-0.15, -0.1) is 0 Å². The fraction of sp³-hybridized carbons (Fsp3) is 0.500. The zero-order valence-corrected chi connectivity index (χ0v) is 24.0. The molecule has 2 amide bonds. The third kappa shape index (κ3) is 5.40. The first-order valence-electron chi connectivity index (χ1n) is 12.8. The Kier molecular flexibility index (Phi) is 8.65. The summed E-state index contributed by atoms with van der Waals surface area (Å²) in [5.74, 6) is 1.53. The molecule has 2 aliphatic heterocycles. The van der Waals surface area contributed by atoms with Crippen LogP contribution in [0.3, 0.4) is 0 Å². The second kappa shape index (κ2) is 11.6. The highest BCUT2D eigenvalue weighted by atomic mass is 35.5. The molecule has 8 nitrogen and oxygen atoms in total. The van der Waals surface area contributed by atoms with Crippen molar-refractivity contribution in [3.63, 3.8) is 0 Å². The van der Waals surface area contributed by atoms with Crippen LogP contribution in [0.4, 0.5) is 0 Å². The van der Waals surface area contributed by atoms with Crippen LogP contribution < -0.4 is 19.5 Å². The SMILES string of the molecule is COc1cc(C(=O)N2CCC3(CC2)NC(CC(C)C)C(=O)N3Cc2c(Cl)cccc2Cl)cc(OC)c1OC. The molecule has 38 heavy (non-hydrogen) atoms. The number of amides is 2. The summed E-state index contributed by atoms with van der Waals surface area (Å²) in [6.45, 7) is 5.45. The molecule has 2 saturated heterocycles. The van der Waals surface area contributed by atoms with Gasteiger partial charge >= 0.3 is 0 Å². The second-order valence-corrected chi connectivity index (χ2v) is 11.0. The number of likely N-dealkylation sites (tertiary alicyclic amines) is 1. The Morgan fingerprint density at radius 3 is 2.13 bits per heavy atom. The standard InChI is InChI=1S/C28H35Cl2N3O5/c1-17(2)13-22-27(35)33(16-19-20(29)7-6-8-21(19)30)28(31-22)9-11-32(12-10-28)26(34)18-14-23(36-3)25(38-5)24(15-18)37-4/h6-8,14-15,17,22,31H,9-13,16H2,1-5H3. The maximum absolute atomic E-state index is 13.6. The minimum Gasteiger partial charge on any atom is -0.493 e. The number of nitrogens with zero attached hydrogens (tertiary/aromatic N) is 2. The first kappa shape index (κ1) is 28.3. The quantitative estimate of drug-likeness (QED) is 0.487. The van der Waals surface area contributed by atoms with E-state index in [1.807, 2.05) is 4.90 Å². The number of benzene rings is 2. The molecule has 1 unspecified atom stereocenters. The Morgan fingerprint density at radius 2 is 1.63 bits per heavy atom. The predicted octanol–water partition coefficient (Wildman–Crippen LogP) is 5.00. The van der Waals surface area contributed by atoms with Crippen molar-refractivity contribution < 1.29 is 23.8 Å². The Bertz CT molecular complexity index is 1150. The molecule has 2 aromatic rings. The van der Waals surface area contributed by atoms with Crippen LogP contribution in [0.2, 0.25) is 10.0 Å². The van der Waals surface area contributed by atoms with E-state index in [-0.39, 0.29) is 17.9 Å². The van der Waals surface area contributed by atoms with E-state index in [1.54, 1.807) is 35.2 Å². The van der Waals surface area contributed by atoms with Crippen LogP contribution in [0, 0.1) is 5.92 Å². The van der Waals surface area contributed by atoms with E-state index in [0.29, 0.717) is 71.3 Å². The van der Waals surface area contributed by atoms with Gasteiger partial charge in [-0.05, 0) is 36.6 Å². The number of hydrogen-bond donors (Lipinski definition) is 1. The second-order valence-electron chi connectivity index (χ2n) is 10.2. The van der Waals surface area contributed by atoms with Gasteiger partial charge in [0.25, 0.3) is 5.91 Å². The monoisotopic (exact) mass is 563 g/mol. The molecule has 0 aliphatic carbocycles. The summed E-state index contributed by atoms with van der Waals surface area (Å²) >= 11 is 13.0. The van der Waals surface area contributed by atoms with Crippen molar-refractivity contribution in [1.82, 2.24) is 15.1 Å².